The maximum Gasteiger partial charge on any atom is 0.335 e. The number of benzene rings is 1. The van der Waals surface area contributed by atoms with Crippen molar-refractivity contribution in [1.82, 2.24) is 4.90 Å². The lowest BCUT2D eigenvalue weighted by Crippen LogP contribution is -2.33. The molecule has 0 radical (unpaired) electrons. The minimum Gasteiger partial charge on any atom is -0.478 e. The van der Waals surface area contributed by atoms with E-state index in [2.05, 4.69) is 0 Å². The van der Waals surface area contributed by atoms with Crippen molar-refractivity contribution < 1.29 is 24.2 Å². The Labute approximate surface area is 109 Å². The zero-order valence-electron chi connectivity index (χ0n) is 10.4. The zero-order chi connectivity index (χ0) is 14.0. The summed E-state index contributed by atoms with van der Waals surface area (Å²) in [6, 6.07) is 3.93. The third-order valence-corrected chi connectivity index (χ3v) is 2.88. The fourth-order valence-electron chi connectivity index (χ4n) is 1.93. The fraction of sp³-hybridized carbons (Fsp3) is 0.308. The second-order valence-corrected chi connectivity index (χ2v) is 4.02. The van der Waals surface area contributed by atoms with Gasteiger partial charge in [0.1, 0.15) is 0 Å². The standard InChI is InChI=1S/C13H13NO5/c1-2-19-6-5-14-11(15)9-4-3-8(13(17)18)7-10(9)12(14)16/h3-4,7H,2,5-6H2,1H3,(H,17,18). The molecule has 0 saturated heterocycles. The molecule has 1 aliphatic rings. The van der Waals surface area contributed by atoms with Crippen LogP contribution in [0.1, 0.15) is 38.0 Å². The van der Waals surface area contributed by atoms with Gasteiger partial charge in [0.05, 0.1) is 29.8 Å². The molecule has 6 heteroatoms. The van der Waals surface area contributed by atoms with Gasteiger partial charge in [-0.25, -0.2) is 4.79 Å². The average Bonchev–Trinajstić information content (AvgIpc) is 2.63. The highest BCUT2D eigenvalue weighted by Crippen LogP contribution is 2.23. The zero-order valence-corrected chi connectivity index (χ0v) is 10.4. The largest absolute Gasteiger partial charge is 0.478 e. The smallest absolute Gasteiger partial charge is 0.335 e. The van der Waals surface area contributed by atoms with Gasteiger partial charge in [-0.1, -0.05) is 0 Å². The number of carbonyl (C=O) groups is 3. The van der Waals surface area contributed by atoms with Gasteiger partial charge in [-0.05, 0) is 25.1 Å². The van der Waals surface area contributed by atoms with Crippen molar-refractivity contribution in [2.24, 2.45) is 0 Å². The van der Waals surface area contributed by atoms with Crippen molar-refractivity contribution in [3.8, 4) is 0 Å². The van der Waals surface area contributed by atoms with Crippen LogP contribution in [0.15, 0.2) is 18.2 Å². The first-order valence-corrected chi connectivity index (χ1v) is 5.87. The van der Waals surface area contributed by atoms with Crippen molar-refractivity contribution in [3.05, 3.63) is 34.9 Å². The van der Waals surface area contributed by atoms with E-state index in [1.54, 1.807) is 0 Å². The summed E-state index contributed by atoms with van der Waals surface area (Å²) >= 11 is 0. The summed E-state index contributed by atoms with van der Waals surface area (Å²) in [4.78, 5) is 35.9. The molecular formula is C13H13NO5. The van der Waals surface area contributed by atoms with Gasteiger partial charge in [-0.3, -0.25) is 14.5 Å². The highest BCUT2D eigenvalue weighted by atomic mass is 16.5. The van der Waals surface area contributed by atoms with Crippen LogP contribution in [0, 0.1) is 0 Å². The SMILES string of the molecule is CCOCCN1C(=O)c2ccc(C(=O)O)cc2C1=O. The van der Waals surface area contributed by atoms with Crippen molar-refractivity contribution in [1.29, 1.82) is 0 Å². The summed E-state index contributed by atoms with van der Waals surface area (Å²) in [6.45, 7) is 2.77. The molecular weight excluding hydrogens is 250 g/mol. The number of carbonyl (C=O) groups excluding carboxylic acids is 2. The van der Waals surface area contributed by atoms with Gasteiger partial charge < -0.3 is 9.84 Å². The predicted octanol–water partition coefficient (Wildman–Crippen LogP) is 1.02. The first-order chi connectivity index (χ1) is 9.06. The van der Waals surface area contributed by atoms with E-state index in [4.69, 9.17) is 9.84 Å². The van der Waals surface area contributed by atoms with Gasteiger partial charge in [-0.15, -0.1) is 0 Å². The van der Waals surface area contributed by atoms with E-state index in [1.165, 1.54) is 18.2 Å². The molecule has 0 spiro atoms. The number of amides is 2. The Morgan fingerprint density at radius 2 is 1.95 bits per heavy atom. The van der Waals surface area contributed by atoms with Crippen molar-refractivity contribution >= 4 is 17.8 Å². The second kappa shape index (κ2) is 5.19. The number of hydrogen-bond donors (Lipinski definition) is 1. The molecule has 0 bridgehead atoms. The molecule has 2 rings (SSSR count). The van der Waals surface area contributed by atoms with Gasteiger partial charge in [0.15, 0.2) is 0 Å². The lowest BCUT2D eigenvalue weighted by atomic mass is 10.1. The number of imide groups is 1. The van der Waals surface area contributed by atoms with E-state index < -0.39 is 17.8 Å². The van der Waals surface area contributed by atoms with Crippen LogP contribution in [0.4, 0.5) is 0 Å². The number of fused-ring (bicyclic) bond motifs is 1. The van der Waals surface area contributed by atoms with Crippen molar-refractivity contribution in [2.75, 3.05) is 19.8 Å². The van der Waals surface area contributed by atoms with Crippen LogP contribution in [0.25, 0.3) is 0 Å². The number of nitrogens with zero attached hydrogens (tertiary/aromatic N) is 1. The van der Waals surface area contributed by atoms with Crippen LogP contribution in [0.5, 0.6) is 0 Å². The van der Waals surface area contributed by atoms with E-state index in [0.717, 1.165) is 4.90 Å². The monoisotopic (exact) mass is 263 g/mol. The molecule has 1 heterocycles. The molecule has 1 aromatic carbocycles. The molecule has 6 nitrogen and oxygen atoms in total. The average molecular weight is 263 g/mol. The molecule has 0 aliphatic carbocycles. The summed E-state index contributed by atoms with van der Waals surface area (Å²) < 4.78 is 5.11. The summed E-state index contributed by atoms with van der Waals surface area (Å²) in [7, 11) is 0. The van der Waals surface area contributed by atoms with Crippen LogP contribution in [0.3, 0.4) is 0 Å². The molecule has 0 atom stereocenters. The van der Waals surface area contributed by atoms with E-state index in [-0.39, 0.29) is 29.8 Å². The molecule has 0 aromatic heterocycles. The number of rotatable bonds is 5. The lowest BCUT2D eigenvalue weighted by molar-refractivity contribution is 0.0574. The second-order valence-electron chi connectivity index (χ2n) is 4.02. The number of hydrogen-bond acceptors (Lipinski definition) is 4. The quantitative estimate of drug-likeness (QED) is 0.633. The van der Waals surface area contributed by atoms with Crippen LogP contribution in [-0.4, -0.2) is 47.5 Å². The van der Waals surface area contributed by atoms with Crippen molar-refractivity contribution in [2.45, 2.75) is 6.92 Å². The van der Waals surface area contributed by atoms with Crippen molar-refractivity contribution in [3.63, 3.8) is 0 Å². The van der Waals surface area contributed by atoms with Gasteiger partial charge in [0, 0.05) is 6.61 Å². The molecule has 100 valence electrons. The number of aromatic carboxylic acids is 1. The lowest BCUT2D eigenvalue weighted by Gasteiger charge is -2.12. The summed E-state index contributed by atoms with van der Waals surface area (Å²) in [5.41, 5.74) is 0.374. The molecule has 1 N–H and O–H groups in total. The van der Waals surface area contributed by atoms with E-state index in [9.17, 15) is 14.4 Å². The first-order valence-electron chi connectivity index (χ1n) is 5.87. The molecule has 0 saturated carbocycles. The van der Waals surface area contributed by atoms with E-state index in [1.807, 2.05) is 6.92 Å². The maximum atomic E-state index is 12.0. The molecule has 0 fully saturated rings. The molecule has 1 aliphatic heterocycles. The predicted molar refractivity (Wildman–Crippen MR) is 65.3 cm³/mol. The van der Waals surface area contributed by atoms with Gasteiger partial charge >= 0.3 is 5.97 Å². The first kappa shape index (κ1) is 13.2. The Morgan fingerprint density at radius 3 is 2.58 bits per heavy atom. The number of ether oxygens (including phenoxy) is 1. The maximum absolute atomic E-state index is 12.0. The fourth-order valence-corrected chi connectivity index (χ4v) is 1.93. The Morgan fingerprint density at radius 1 is 1.26 bits per heavy atom. The van der Waals surface area contributed by atoms with E-state index in [0.29, 0.717) is 6.61 Å². The van der Waals surface area contributed by atoms with Gasteiger partial charge in [0.2, 0.25) is 0 Å². The van der Waals surface area contributed by atoms with Crippen LogP contribution in [0.2, 0.25) is 0 Å². The Hall–Kier alpha value is -2.21. The molecule has 2 amide bonds. The van der Waals surface area contributed by atoms with Gasteiger partial charge in [0.25, 0.3) is 11.8 Å². The summed E-state index contributed by atoms with van der Waals surface area (Å²) in [6.07, 6.45) is 0. The third-order valence-electron chi connectivity index (χ3n) is 2.88. The molecule has 1 aromatic rings. The minimum atomic E-state index is -1.13. The Bertz CT molecular complexity index is 552. The topological polar surface area (TPSA) is 83.9 Å². The van der Waals surface area contributed by atoms with Crippen LogP contribution >= 0.6 is 0 Å². The summed E-state index contributed by atoms with van der Waals surface area (Å²) in [5, 5.41) is 8.88. The van der Waals surface area contributed by atoms with Crippen LogP contribution < -0.4 is 0 Å². The number of carboxylic acids is 1. The Kier molecular flexibility index (Phi) is 3.62. The van der Waals surface area contributed by atoms with Crippen LogP contribution in [-0.2, 0) is 4.74 Å². The highest BCUT2D eigenvalue weighted by Gasteiger charge is 2.35. The minimum absolute atomic E-state index is 0.00782. The molecule has 19 heavy (non-hydrogen) atoms. The normalized spacial score (nSPS) is 13.8. The summed E-state index contributed by atoms with van der Waals surface area (Å²) in [5.74, 6) is -2.00. The van der Waals surface area contributed by atoms with E-state index >= 15 is 0 Å². The van der Waals surface area contributed by atoms with Gasteiger partial charge in [-0.2, -0.15) is 0 Å². The third kappa shape index (κ3) is 2.34. The highest BCUT2D eigenvalue weighted by molar-refractivity contribution is 6.21. The molecule has 0 unspecified atom stereocenters. The Balaban J connectivity index is 2.26. The number of carboxylic acid groups (broad SMARTS) is 1.